The minimum absolute atomic E-state index is 0.00771. The van der Waals surface area contributed by atoms with Crippen molar-refractivity contribution in [2.24, 2.45) is 0 Å². The van der Waals surface area contributed by atoms with Crippen LogP contribution < -0.4 is 16.0 Å². The lowest BCUT2D eigenvalue weighted by molar-refractivity contribution is -0.152. The van der Waals surface area contributed by atoms with Crippen molar-refractivity contribution >= 4 is 17.8 Å². The summed E-state index contributed by atoms with van der Waals surface area (Å²) < 4.78 is 0. The molecule has 2 fully saturated rings. The monoisotopic (exact) mass is 434 g/mol. The summed E-state index contributed by atoms with van der Waals surface area (Å²) in [6.45, 7) is 3.98. The van der Waals surface area contributed by atoms with Crippen LogP contribution in [0.1, 0.15) is 36.0 Å². The van der Waals surface area contributed by atoms with Crippen molar-refractivity contribution in [2.75, 3.05) is 19.6 Å². The number of imide groups is 2. The Labute approximate surface area is 188 Å². The van der Waals surface area contributed by atoms with Crippen molar-refractivity contribution in [1.82, 2.24) is 20.9 Å². The van der Waals surface area contributed by atoms with Gasteiger partial charge in [-0.3, -0.25) is 25.1 Å². The molecule has 3 N–H and O–H groups in total. The Balaban J connectivity index is 1.54. The van der Waals surface area contributed by atoms with E-state index in [-0.39, 0.29) is 6.04 Å². The van der Waals surface area contributed by atoms with Gasteiger partial charge in [0.2, 0.25) is 5.54 Å². The Morgan fingerprint density at radius 2 is 1.62 bits per heavy atom. The second-order valence-electron chi connectivity index (χ2n) is 8.60. The van der Waals surface area contributed by atoms with Crippen LogP contribution in [0.5, 0.6) is 0 Å². The quantitative estimate of drug-likeness (QED) is 0.459. The third-order valence-electron chi connectivity index (χ3n) is 6.46. The van der Waals surface area contributed by atoms with Gasteiger partial charge in [-0.25, -0.2) is 4.79 Å². The van der Waals surface area contributed by atoms with Crippen molar-refractivity contribution in [1.29, 1.82) is 0 Å². The highest BCUT2D eigenvalue weighted by Crippen LogP contribution is 2.35. The Hall–Kier alpha value is -3.03. The van der Waals surface area contributed by atoms with Crippen molar-refractivity contribution < 1.29 is 14.4 Å². The summed E-state index contributed by atoms with van der Waals surface area (Å²) in [6.07, 6.45) is 3.86. The molecule has 168 valence electrons. The van der Waals surface area contributed by atoms with Gasteiger partial charge in [-0.05, 0) is 37.3 Å². The van der Waals surface area contributed by atoms with Gasteiger partial charge in [0.05, 0.1) is 0 Å². The number of rotatable bonds is 7. The first kappa shape index (κ1) is 22.2. The van der Waals surface area contributed by atoms with Gasteiger partial charge >= 0.3 is 6.03 Å². The van der Waals surface area contributed by atoms with E-state index in [2.05, 4.69) is 47.1 Å². The minimum Gasteiger partial charge on any atom is -0.314 e. The molecule has 0 saturated carbocycles. The Morgan fingerprint density at radius 1 is 0.938 bits per heavy atom. The lowest BCUT2D eigenvalue weighted by Crippen LogP contribution is -2.74. The number of barbiturate groups is 1. The average Bonchev–Trinajstić information content (AvgIpc) is 2.79. The van der Waals surface area contributed by atoms with Crippen LogP contribution in [-0.2, 0) is 21.5 Å². The van der Waals surface area contributed by atoms with Crippen molar-refractivity contribution in [3.63, 3.8) is 0 Å². The number of hydrogen-bond acceptors (Lipinski definition) is 5. The zero-order valence-corrected chi connectivity index (χ0v) is 18.4. The molecule has 7 heteroatoms. The molecule has 2 aromatic carbocycles. The van der Waals surface area contributed by atoms with Gasteiger partial charge < -0.3 is 5.32 Å². The molecule has 0 bridgehead atoms. The fraction of sp³-hybridized carbons (Fsp3) is 0.400. The molecule has 0 spiro atoms. The van der Waals surface area contributed by atoms with Crippen LogP contribution in [0, 0.1) is 6.92 Å². The highest BCUT2D eigenvalue weighted by Gasteiger charge is 2.57. The van der Waals surface area contributed by atoms with Crippen LogP contribution in [0.2, 0.25) is 0 Å². The SMILES string of the molecule is Cc1ccc(CCCCC2CNCCN2C2(c3ccccc3)C(=O)NC(=O)NC2=O)cc1. The number of piperazine rings is 1. The van der Waals surface area contributed by atoms with E-state index in [0.717, 1.165) is 25.7 Å². The van der Waals surface area contributed by atoms with Crippen LogP contribution in [0.15, 0.2) is 54.6 Å². The van der Waals surface area contributed by atoms with Crippen LogP contribution in [0.4, 0.5) is 4.79 Å². The van der Waals surface area contributed by atoms with Crippen molar-refractivity contribution in [3.05, 3.63) is 71.3 Å². The maximum Gasteiger partial charge on any atom is 0.328 e. The number of urea groups is 1. The highest BCUT2D eigenvalue weighted by molar-refractivity contribution is 6.22. The molecule has 32 heavy (non-hydrogen) atoms. The highest BCUT2D eigenvalue weighted by atomic mass is 16.2. The molecular weight excluding hydrogens is 404 g/mol. The zero-order chi connectivity index (χ0) is 22.6. The molecule has 4 amide bonds. The molecule has 2 aliphatic rings. The fourth-order valence-electron chi connectivity index (χ4n) is 4.81. The number of carbonyl (C=O) groups excluding carboxylic acids is 3. The summed E-state index contributed by atoms with van der Waals surface area (Å²) >= 11 is 0. The van der Waals surface area contributed by atoms with Gasteiger partial charge in [-0.2, -0.15) is 0 Å². The van der Waals surface area contributed by atoms with Crippen LogP contribution in [0.3, 0.4) is 0 Å². The molecule has 0 aliphatic carbocycles. The van der Waals surface area contributed by atoms with Crippen LogP contribution in [-0.4, -0.2) is 48.4 Å². The number of benzene rings is 2. The predicted molar refractivity (Wildman–Crippen MR) is 122 cm³/mol. The number of nitrogens with one attached hydrogen (secondary N) is 3. The Bertz CT molecular complexity index is 954. The van der Waals surface area contributed by atoms with Gasteiger partial charge in [0.25, 0.3) is 11.8 Å². The maximum atomic E-state index is 13.3. The van der Waals surface area contributed by atoms with E-state index in [1.54, 1.807) is 12.1 Å². The van der Waals surface area contributed by atoms with E-state index in [1.807, 2.05) is 23.1 Å². The summed E-state index contributed by atoms with van der Waals surface area (Å²) in [5, 5.41) is 8.08. The van der Waals surface area contributed by atoms with Crippen molar-refractivity contribution in [2.45, 2.75) is 44.2 Å². The minimum atomic E-state index is -1.56. The third-order valence-corrected chi connectivity index (χ3v) is 6.46. The first-order valence-corrected chi connectivity index (χ1v) is 11.3. The molecule has 7 nitrogen and oxygen atoms in total. The summed E-state index contributed by atoms with van der Waals surface area (Å²) in [5.74, 6) is -1.16. The van der Waals surface area contributed by atoms with Gasteiger partial charge in [0, 0.05) is 25.7 Å². The predicted octanol–water partition coefficient (Wildman–Crippen LogP) is 2.24. The molecule has 2 saturated heterocycles. The second-order valence-corrected chi connectivity index (χ2v) is 8.60. The smallest absolute Gasteiger partial charge is 0.314 e. The van der Waals surface area contributed by atoms with Crippen LogP contribution in [0.25, 0.3) is 0 Å². The average molecular weight is 435 g/mol. The fourth-order valence-corrected chi connectivity index (χ4v) is 4.81. The largest absolute Gasteiger partial charge is 0.328 e. The molecule has 1 unspecified atom stereocenters. The number of hydrogen-bond donors (Lipinski definition) is 3. The molecule has 0 radical (unpaired) electrons. The standard InChI is InChI=1S/C25H30N4O3/c1-18-11-13-19(14-12-18)7-5-6-10-21-17-26-15-16-29(21)25(20-8-3-2-4-9-20)22(30)27-24(32)28-23(25)31/h2-4,8-9,11-14,21,26H,5-7,10,15-17H2,1H3,(H2,27,28,30,31,32). The zero-order valence-electron chi connectivity index (χ0n) is 18.4. The topological polar surface area (TPSA) is 90.5 Å². The van der Waals surface area contributed by atoms with Gasteiger partial charge in [-0.1, -0.05) is 66.6 Å². The number of unbranched alkanes of at least 4 members (excludes halogenated alkanes) is 1. The number of carbonyl (C=O) groups is 3. The summed E-state index contributed by atoms with van der Waals surface area (Å²) in [7, 11) is 0. The molecule has 0 aromatic heterocycles. The number of aryl methyl sites for hydroxylation is 2. The van der Waals surface area contributed by atoms with Crippen LogP contribution >= 0.6 is 0 Å². The van der Waals surface area contributed by atoms with Gasteiger partial charge in [0.15, 0.2) is 0 Å². The molecule has 1 atom stereocenters. The first-order chi connectivity index (χ1) is 15.5. The summed E-state index contributed by atoms with van der Waals surface area (Å²) in [5.41, 5.74) is 1.60. The first-order valence-electron chi connectivity index (χ1n) is 11.3. The van der Waals surface area contributed by atoms with Gasteiger partial charge in [0.1, 0.15) is 0 Å². The second kappa shape index (κ2) is 9.63. The van der Waals surface area contributed by atoms with E-state index in [9.17, 15) is 14.4 Å². The molecular formula is C25H30N4O3. The normalized spacial score (nSPS) is 21.2. The Morgan fingerprint density at radius 3 is 2.31 bits per heavy atom. The molecule has 2 aliphatic heterocycles. The van der Waals surface area contributed by atoms with E-state index in [0.29, 0.717) is 25.2 Å². The van der Waals surface area contributed by atoms with Gasteiger partial charge in [-0.15, -0.1) is 0 Å². The maximum absolute atomic E-state index is 13.3. The lowest BCUT2D eigenvalue weighted by atomic mass is 9.82. The van der Waals surface area contributed by atoms with E-state index in [1.165, 1.54) is 11.1 Å². The Kier molecular flexibility index (Phi) is 6.67. The van der Waals surface area contributed by atoms with E-state index < -0.39 is 23.4 Å². The lowest BCUT2D eigenvalue weighted by Gasteiger charge is -2.49. The summed E-state index contributed by atoms with van der Waals surface area (Å²) in [6, 6.07) is 16.9. The molecule has 2 heterocycles. The summed E-state index contributed by atoms with van der Waals surface area (Å²) in [4.78, 5) is 40.4. The molecule has 2 aromatic rings. The van der Waals surface area contributed by atoms with E-state index >= 15 is 0 Å². The van der Waals surface area contributed by atoms with E-state index in [4.69, 9.17) is 0 Å². The van der Waals surface area contributed by atoms with Crippen molar-refractivity contribution in [3.8, 4) is 0 Å². The number of nitrogens with zero attached hydrogens (tertiary/aromatic N) is 1. The molecule has 4 rings (SSSR count). The third kappa shape index (κ3) is 4.31. The number of amides is 4.